The molecule has 0 aliphatic carbocycles. The Kier molecular flexibility index (Phi) is 10.3. The second kappa shape index (κ2) is 13.5. The number of rotatable bonds is 12. The van der Waals surface area contributed by atoms with Crippen LogP contribution in [0.15, 0.2) is 83.8 Å². The highest BCUT2D eigenvalue weighted by molar-refractivity contribution is 9.09. The van der Waals surface area contributed by atoms with E-state index in [-0.39, 0.29) is 40.2 Å². The van der Waals surface area contributed by atoms with Crippen molar-refractivity contribution in [3.05, 3.63) is 90.0 Å². The number of methoxy groups -OCH3 is 2. The number of ether oxygens (including phenoxy) is 2. The van der Waals surface area contributed by atoms with Crippen LogP contribution in [-0.4, -0.2) is 55.0 Å². The number of aliphatic hydroxyl groups excluding tert-OH is 1. The predicted octanol–water partition coefficient (Wildman–Crippen LogP) is 6.96. The molecule has 9 heteroatoms. The van der Waals surface area contributed by atoms with Crippen molar-refractivity contribution in [1.29, 1.82) is 0 Å². The van der Waals surface area contributed by atoms with Crippen LogP contribution in [0.3, 0.4) is 0 Å². The monoisotopic (exact) mass is 645 g/mol. The first-order valence-electron chi connectivity index (χ1n) is 13.3. The molecule has 4 rings (SSSR count). The van der Waals surface area contributed by atoms with E-state index in [2.05, 4.69) is 35.0 Å². The van der Waals surface area contributed by atoms with Crippen LogP contribution in [0, 0.1) is 11.8 Å². The van der Waals surface area contributed by atoms with E-state index < -0.39 is 16.1 Å². The van der Waals surface area contributed by atoms with Gasteiger partial charge < -0.3 is 14.6 Å². The van der Waals surface area contributed by atoms with E-state index in [9.17, 15) is 13.5 Å². The molecule has 3 aromatic carbocycles. The van der Waals surface area contributed by atoms with E-state index in [1.807, 2.05) is 36.4 Å². The molecule has 1 aliphatic rings. The summed E-state index contributed by atoms with van der Waals surface area (Å²) in [6.45, 7) is 2.39. The average molecular weight is 647 g/mol. The molecule has 1 heterocycles. The molecule has 0 spiro atoms. The maximum absolute atomic E-state index is 14.0. The number of hydrogen-bond acceptors (Lipinski definition) is 5. The molecule has 1 saturated heterocycles. The van der Waals surface area contributed by atoms with Crippen molar-refractivity contribution >= 4 is 43.2 Å². The van der Waals surface area contributed by atoms with Crippen LogP contribution in [0.5, 0.6) is 11.5 Å². The highest BCUT2D eigenvalue weighted by Crippen LogP contribution is 2.47. The van der Waals surface area contributed by atoms with Crippen molar-refractivity contribution in [3.8, 4) is 11.5 Å². The molecule has 1 aliphatic heterocycles. The fourth-order valence-electron chi connectivity index (χ4n) is 5.99. The Balaban J connectivity index is 1.78. The molecule has 214 valence electrons. The fraction of sp³-hybridized carbons (Fsp3) is 0.387. The molecule has 0 saturated carbocycles. The first-order chi connectivity index (χ1) is 19.2. The zero-order valence-corrected chi connectivity index (χ0v) is 26.2. The van der Waals surface area contributed by atoms with E-state index >= 15 is 0 Å². The van der Waals surface area contributed by atoms with Gasteiger partial charge in [0, 0.05) is 11.9 Å². The number of thiocarbonyl (C=S) groups is 1. The number of halogens is 1. The molecular weight excluding hydrogens is 610 g/mol. The van der Waals surface area contributed by atoms with Gasteiger partial charge in [0.05, 0.1) is 25.2 Å². The molecule has 1 fully saturated rings. The lowest BCUT2D eigenvalue weighted by molar-refractivity contribution is 0.290. The van der Waals surface area contributed by atoms with E-state index in [4.69, 9.17) is 21.7 Å². The Labute approximate surface area is 251 Å². The van der Waals surface area contributed by atoms with Gasteiger partial charge in [-0.1, -0.05) is 65.3 Å². The molecule has 3 aromatic rings. The minimum atomic E-state index is -3.91. The second-order valence-electron chi connectivity index (χ2n) is 10.3. The van der Waals surface area contributed by atoms with E-state index in [1.165, 1.54) is 4.31 Å². The zero-order chi connectivity index (χ0) is 28.9. The van der Waals surface area contributed by atoms with Gasteiger partial charge in [-0.05, 0) is 96.3 Å². The largest absolute Gasteiger partial charge is 0.501 e. The van der Waals surface area contributed by atoms with E-state index in [0.717, 1.165) is 34.4 Å². The van der Waals surface area contributed by atoms with Crippen LogP contribution in [0.25, 0.3) is 0 Å². The maximum atomic E-state index is 14.0. The van der Waals surface area contributed by atoms with Gasteiger partial charge in [-0.3, -0.25) is 0 Å². The lowest BCUT2D eigenvalue weighted by Crippen LogP contribution is -2.42. The van der Waals surface area contributed by atoms with E-state index in [1.54, 1.807) is 44.6 Å². The molecule has 0 bridgehead atoms. The number of alkyl halides is 1. The summed E-state index contributed by atoms with van der Waals surface area (Å²) in [4.78, 5) is 0.195. The first kappa shape index (κ1) is 30.5. The van der Waals surface area contributed by atoms with Crippen LogP contribution in [0.1, 0.15) is 42.7 Å². The third kappa shape index (κ3) is 6.54. The highest BCUT2D eigenvalue weighted by atomic mass is 79.9. The molecule has 5 atom stereocenters. The summed E-state index contributed by atoms with van der Waals surface area (Å²) in [5, 5.41) is 11.4. The number of benzene rings is 3. The van der Waals surface area contributed by atoms with Crippen LogP contribution in [0.4, 0.5) is 0 Å². The molecule has 1 N–H and O–H groups in total. The Bertz CT molecular complexity index is 1370. The van der Waals surface area contributed by atoms with Gasteiger partial charge in [0.2, 0.25) is 10.0 Å². The van der Waals surface area contributed by atoms with Crippen molar-refractivity contribution in [1.82, 2.24) is 4.31 Å². The smallest absolute Gasteiger partial charge is 0.243 e. The second-order valence-corrected chi connectivity index (χ2v) is 13.4. The third-order valence-electron chi connectivity index (χ3n) is 8.05. The minimum Gasteiger partial charge on any atom is -0.501 e. The van der Waals surface area contributed by atoms with Crippen molar-refractivity contribution < 1.29 is 23.0 Å². The molecule has 6 nitrogen and oxygen atoms in total. The van der Waals surface area contributed by atoms with Gasteiger partial charge in [0.15, 0.2) is 5.05 Å². The molecule has 0 aromatic heterocycles. The zero-order valence-electron chi connectivity index (χ0n) is 22.9. The Morgan fingerprint density at radius 1 is 0.975 bits per heavy atom. The predicted molar refractivity (Wildman–Crippen MR) is 167 cm³/mol. The maximum Gasteiger partial charge on any atom is 0.243 e. The number of aliphatic hydroxyl groups is 1. The van der Waals surface area contributed by atoms with Crippen molar-refractivity contribution in [2.75, 3.05) is 26.1 Å². The van der Waals surface area contributed by atoms with Crippen molar-refractivity contribution in [2.45, 2.75) is 42.5 Å². The number of nitrogens with zero attached hydrogens (tertiary/aromatic N) is 1. The van der Waals surface area contributed by atoms with Crippen molar-refractivity contribution in [2.24, 2.45) is 11.8 Å². The van der Waals surface area contributed by atoms with Crippen LogP contribution in [-0.2, 0) is 10.0 Å². The Hall–Kier alpha value is -2.46. The lowest BCUT2D eigenvalue weighted by Gasteiger charge is -2.32. The number of hydrogen-bond donors (Lipinski definition) is 1. The summed E-state index contributed by atoms with van der Waals surface area (Å²) in [5.41, 5.74) is 2.22. The van der Waals surface area contributed by atoms with Gasteiger partial charge >= 0.3 is 0 Å². The molecule has 0 amide bonds. The van der Waals surface area contributed by atoms with Crippen molar-refractivity contribution in [3.63, 3.8) is 0 Å². The molecule has 0 radical (unpaired) electrons. The summed E-state index contributed by atoms with van der Waals surface area (Å²) in [7, 11) is -0.637. The Morgan fingerprint density at radius 2 is 1.52 bits per heavy atom. The SMILES string of the molecule is COc1ccc(C(CCBr)C2CN(S(=O)(=O)c3ccccc3)C(C(O)=S)C2C[C@H](C)c2ccc(OC)cc2)cc1. The van der Waals surface area contributed by atoms with E-state index in [0.29, 0.717) is 6.42 Å². The fourth-order valence-corrected chi connectivity index (χ4v) is 8.55. The normalized spacial score (nSPS) is 21.1. The highest BCUT2D eigenvalue weighted by Gasteiger charge is 2.51. The summed E-state index contributed by atoms with van der Waals surface area (Å²) < 4.78 is 40.1. The topological polar surface area (TPSA) is 76.1 Å². The van der Waals surface area contributed by atoms with Gasteiger partial charge in [-0.2, -0.15) is 4.31 Å². The quantitative estimate of drug-likeness (QED) is 0.170. The molecule has 4 unspecified atom stereocenters. The van der Waals surface area contributed by atoms with Gasteiger partial charge in [0.25, 0.3) is 0 Å². The summed E-state index contributed by atoms with van der Waals surface area (Å²) in [6, 6.07) is 23.5. The average Bonchev–Trinajstić information content (AvgIpc) is 3.36. The minimum absolute atomic E-state index is 0.0335. The van der Waals surface area contributed by atoms with Crippen LogP contribution < -0.4 is 9.47 Å². The van der Waals surface area contributed by atoms with Crippen LogP contribution in [0.2, 0.25) is 0 Å². The standard InChI is InChI=1S/C31H36BrNO5S2/c1-21(22-9-13-24(37-2)14-10-22)19-28-29(27(17-18-32)23-11-15-25(38-3)16-12-23)20-33(30(28)31(34)39)40(35,36)26-7-5-4-6-8-26/h4-16,21,27-30H,17-20H2,1-3H3,(H,34,39)/t21-,27?,28?,29?,30?/m0/s1. The first-order valence-corrected chi connectivity index (χ1v) is 16.3. The summed E-state index contributed by atoms with van der Waals surface area (Å²) >= 11 is 9.03. The summed E-state index contributed by atoms with van der Waals surface area (Å²) in [5.74, 6) is 1.38. The van der Waals surface area contributed by atoms with Gasteiger partial charge in [-0.15, -0.1) is 0 Å². The molecule has 40 heavy (non-hydrogen) atoms. The summed E-state index contributed by atoms with van der Waals surface area (Å²) in [6.07, 6.45) is 1.45. The third-order valence-corrected chi connectivity index (χ3v) is 10.6. The lowest BCUT2D eigenvalue weighted by atomic mass is 9.72. The van der Waals surface area contributed by atoms with Gasteiger partial charge in [-0.25, -0.2) is 8.42 Å². The molecular formula is C31H36BrNO5S2. The Morgan fingerprint density at radius 3 is 2.02 bits per heavy atom. The van der Waals surface area contributed by atoms with Crippen LogP contribution >= 0.6 is 28.1 Å². The van der Waals surface area contributed by atoms with Gasteiger partial charge in [0.1, 0.15) is 11.5 Å². The number of sulfonamides is 1.